The minimum Gasteiger partial charge on any atom is -0.480 e. The molecule has 1 aliphatic heterocycles. The first kappa shape index (κ1) is 14.3. The van der Waals surface area contributed by atoms with Gasteiger partial charge in [0.2, 0.25) is 5.91 Å². The van der Waals surface area contributed by atoms with Gasteiger partial charge in [0, 0.05) is 13.1 Å². The van der Waals surface area contributed by atoms with Gasteiger partial charge in [-0.25, -0.2) is 0 Å². The van der Waals surface area contributed by atoms with Crippen molar-refractivity contribution in [3.63, 3.8) is 0 Å². The molecule has 0 aromatic heterocycles. The van der Waals surface area contributed by atoms with Crippen molar-refractivity contribution in [1.29, 1.82) is 0 Å². The third-order valence-electron chi connectivity index (χ3n) is 4.51. The summed E-state index contributed by atoms with van der Waals surface area (Å²) < 4.78 is 0. The van der Waals surface area contributed by atoms with Crippen LogP contribution in [0.3, 0.4) is 0 Å². The molecule has 1 N–H and O–H groups in total. The Morgan fingerprint density at radius 3 is 2.53 bits per heavy atom. The second-order valence-electron chi connectivity index (χ2n) is 5.86. The highest BCUT2D eigenvalue weighted by Crippen LogP contribution is 2.28. The van der Waals surface area contributed by atoms with Crippen LogP contribution in [0.5, 0.6) is 0 Å². The number of rotatable bonds is 5. The molecule has 2 fully saturated rings. The van der Waals surface area contributed by atoms with Crippen LogP contribution in [-0.2, 0) is 9.59 Å². The topological polar surface area (TPSA) is 60.9 Å². The highest BCUT2D eigenvalue weighted by atomic mass is 16.4. The predicted molar refractivity (Wildman–Crippen MR) is 71.8 cm³/mol. The molecule has 1 saturated heterocycles. The van der Waals surface area contributed by atoms with E-state index in [1.54, 1.807) is 4.90 Å². The van der Waals surface area contributed by atoms with Crippen molar-refractivity contribution in [2.75, 3.05) is 20.1 Å². The van der Waals surface area contributed by atoms with Gasteiger partial charge in [0.25, 0.3) is 0 Å². The van der Waals surface area contributed by atoms with Crippen LogP contribution >= 0.6 is 0 Å². The number of likely N-dealkylation sites (N-methyl/N-ethyl adjacent to an activating group) is 1. The molecule has 5 nitrogen and oxygen atoms in total. The highest BCUT2D eigenvalue weighted by Gasteiger charge is 2.36. The molecular formula is C14H24N2O3. The van der Waals surface area contributed by atoms with Crippen molar-refractivity contribution in [2.24, 2.45) is 5.92 Å². The first-order chi connectivity index (χ1) is 9.02. The molecule has 0 aromatic rings. The fourth-order valence-electron chi connectivity index (χ4n) is 2.85. The van der Waals surface area contributed by atoms with Gasteiger partial charge in [0.1, 0.15) is 6.04 Å². The van der Waals surface area contributed by atoms with E-state index in [0.29, 0.717) is 18.4 Å². The van der Waals surface area contributed by atoms with Gasteiger partial charge in [0.05, 0.1) is 6.54 Å². The largest absolute Gasteiger partial charge is 0.480 e. The Morgan fingerprint density at radius 2 is 2.00 bits per heavy atom. The van der Waals surface area contributed by atoms with E-state index in [-0.39, 0.29) is 12.5 Å². The molecule has 108 valence electrons. The molecule has 1 saturated carbocycles. The van der Waals surface area contributed by atoms with Crippen molar-refractivity contribution in [3.05, 3.63) is 0 Å². The summed E-state index contributed by atoms with van der Waals surface area (Å²) in [6, 6.07) is -0.0980. The van der Waals surface area contributed by atoms with Crippen LogP contribution in [0.15, 0.2) is 0 Å². The van der Waals surface area contributed by atoms with Crippen LogP contribution < -0.4 is 0 Å². The van der Waals surface area contributed by atoms with Gasteiger partial charge in [0.15, 0.2) is 0 Å². The molecule has 19 heavy (non-hydrogen) atoms. The fraction of sp³-hybridized carbons (Fsp3) is 0.857. The Morgan fingerprint density at radius 1 is 1.32 bits per heavy atom. The highest BCUT2D eigenvalue weighted by molar-refractivity contribution is 5.80. The molecule has 0 radical (unpaired) electrons. The van der Waals surface area contributed by atoms with E-state index in [9.17, 15) is 14.7 Å². The van der Waals surface area contributed by atoms with Gasteiger partial charge >= 0.3 is 5.97 Å². The summed E-state index contributed by atoms with van der Waals surface area (Å²) in [6.45, 7) is 3.07. The monoisotopic (exact) mass is 268 g/mol. The summed E-state index contributed by atoms with van der Waals surface area (Å²) in [6.07, 6.45) is 4.87. The Balaban J connectivity index is 1.93. The molecule has 0 spiro atoms. The molecule has 0 aromatic carbocycles. The van der Waals surface area contributed by atoms with Crippen LogP contribution in [0.25, 0.3) is 0 Å². The third-order valence-corrected chi connectivity index (χ3v) is 4.51. The predicted octanol–water partition coefficient (Wildman–Crippen LogP) is 1.18. The molecule has 2 unspecified atom stereocenters. The van der Waals surface area contributed by atoms with Gasteiger partial charge in [-0.15, -0.1) is 0 Å². The maximum Gasteiger partial charge on any atom is 0.320 e. The first-order valence-corrected chi connectivity index (χ1v) is 7.25. The Labute approximate surface area is 114 Å². The number of carbonyl (C=O) groups excluding carboxylic acids is 1. The smallest absolute Gasteiger partial charge is 0.320 e. The molecule has 1 heterocycles. The lowest BCUT2D eigenvalue weighted by Crippen LogP contribution is -2.51. The molecule has 2 atom stereocenters. The maximum absolute atomic E-state index is 12.1. The average Bonchev–Trinajstić information content (AvgIpc) is 3.22. The van der Waals surface area contributed by atoms with Crippen LogP contribution in [-0.4, -0.2) is 59.0 Å². The SMILES string of the molecule is CCC1CCN(CC(=O)N(C)C2CC2)C(C(=O)O)C1. The van der Waals surface area contributed by atoms with Crippen molar-refractivity contribution in [3.8, 4) is 0 Å². The second-order valence-corrected chi connectivity index (χ2v) is 5.86. The molecule has 1 aliphatic carbocycles. The number of carbonyl (C=O) groups is 2. The molecular weight excluding hydrogens is 244 g/mol. The maximum atomic E-state index is 12.1. The zero-order valence-electron chi connectivity index (χ0n) is 11.8. The van der Waals surface area contributed by atoms with E-state index in [4.69, 9.17) is 0 Å². The van der Waals surface area contributed by atoms with E-state index >= 15 is 0 Å². The lowest BCUT2D eigenvalue weighted by molar-refractivity contribution is -0.147. The normalized spacial score (nSPS) is 28.1. The number of hydrogen-bond acceptors (Lipinski definition) is 3. The summed E-state index contributed by atoms with van der Waals surface area (Å²) in [5, 5.41) is 9.33. The van der Waals surface area contributed by atoms with Crippen molar-refractivity contribution < 1.29 is 14.7 Å². The zero-order chi connectivity index (χ0) is 14.0. The van der Waals surface area contributed by atoms with Crippen LogP contribution in [0.2, 0.25) is 0 Å². The number of aliphatic carboxylic acids is 1. The van der Waals surface area contributed by atoms with Gasteiger partial charge in [-0.05, 0) is 38.1 Å². The summed E-state index contributed by atoms with van der Waals surface area (Å²) in [5.41, 5.74) is 0. The van der Waals surface area contributed by atoms with E-state index < -0.39 is 12.0 Å². The molecule has 1 amide bonds. The summed E-state index contributed by atoms with van der Waals surface area (Å²) in [7, 11) is 1.83. The van der Waals surface area contributed by atoms with Gasteiger partial charge < -0.3 is 10.0 Å². The summed E-state index contributed by atoms with van der Waals surface area (Å²) in [5.74, 6) is -0.252. The Hall–Kier alpha value is -1.10. The number of hydrogen-bond donors (Lipinski definition) is 1. The van der Waals surface area contributed by atoms with Gasteiger partial charge in [-0.1, -0.05) is 13.3 Å². The van der Waals surface area contributed by atoms with E-state index in [1.807, 2.05) is 11.9 Å². The third kappa shape index (κ3) is 3.47. The molecule has 2 rings (SSSR count). The van der Waals surface area contributed by atoms with Crippen LogP contribution in [0.4, 0.5) is 0 Å². The average molecular weight is 268 g/mol. The van der Waals surface area contributed by atoms with Gasteiger partial charge in [-0.3, -0.25) is 14.5 Å². The number of carboxylic acid groups (broad SMARTS) is 1. The molecule has 2 aliphatic rings. The standard InChI is InChI=1S/C14H24N2O3/c1-3-10-6-7-16(12(8-10)14(18)19)9-13(17)15(2)11-4-5-11/h10-12H,3-9H2,1-2H3,(H,18,19). The van der Waals surface area contributed by atoms with E-state index in [2.05, 4.69) is 6.92 Å². The molecule has 0 bridgehead atoms. The fourth-order valence-corrected chi connectivity index (χ4v) is 2.85. The second kappa shape index (κ2) is 5.90. The first-order valence-electron chi connectivity index (χ1n) is 7.25. The van der Waals surface area contributed by atoms with Crippen molar-refractivity contribution in [1.82, 2.24) is 9.80 Å². The van der Waals surface area contributed by atoms with Gasteiger partial charge in [-0.2, -0.15) is 0 Å². The number of carboxylic acids is 1. The lowest BCUT2D eigenvalue weighted by Gasteiger charge is -2.37. The van der Waals surface area contributed by atoms with Crippen LogP contribution in [0.1, 0.15) is 39.0 Å². The zero-order valence-corrected chi connectivity index (χ0v) is 11.8. The molecule has 5 heteroatoms. The van der Waals surface area contributed by atoms with Crippen molar-refractivity contribution in [2.45, 2.75) is 51.1 Å². The Bertz CT molecular complexity index is 355. The Kier molecular flexibility index (Phi) is 4.45. The summed E-state index contributed by atoms with van der Waals surface area (Å²) >= 11 is 0. The van der Waals surface area contributed by atoms with E-state index in [1.165, 1.54) is 0 Å². The number of nitrogens with zero attached hydrogens (tertiary/aromatic N) is 2. The minimum absolute atomic E-state index is 0.0590. The quantitative estimate of drug-likeness (QED) is 0.813. The lowest BCUT2D eigenvalue weighted by atomic mass is 9.89. The van der Waals surface area contributed by atoms with Crippen LogP contribution in [0, 0.1) is 5.92 Å². The number of piperidine rings is 1. The summed E-state index contributed by atoms with van der Waals surface area (Å²) in [4.78, 5) is 27.1. The number of amides is 1. The number of likely N-dealkylation sites (tertiary alicyclic amines) is 1. The minimum atomic E-state index is -0.792. The van der Waals surface area contributed by atoms with Crippen molar-refractivity contribution >= 4 is 11.9 Å². The van der Waals surface area contributed by atoms with E-state index in [0.717, 1.165) is 32.2 Å².